The topological polar surface area (TPSA) is 160 Å². The van der Waals surface area contributed by atoms with Gasteiger partial charge < -0.3 is 14.5 Å². The number of carbonyl (C=O) groups excluding carboxylic acids is 1. The van der Waals surface area contributed by atoms with Gasteiger partial charge >= 0.3 is 59.1 Å². The number of aromatic carboxylic acids is 1. The summed E-state index contributed by atoms with van der Waals surface area (Å²) < 4.78 is 33.7. The van der Waals surface area contributed by atoms with Crippen LogP contribution in [0.4, 0.5) is 11.4 Å². The third-order valence-electron chi connectivity index (χ3n) is 3.75. The summed E-state index contributed by atoms with van der Waals surface area (Å²) in [5.74, 6) is -1.65. The normalized spacial score (nSPS) is 11.0. The Morgan fingerprint density at radius 2 is 1.57 bits per heavy atom. The van der Waals surface area contributed by atoms with Crippen LogP contribution in [-0.4, -0.2) is 28.7 Å². The number of azo groups is 1. The van der Waals surface area contributed by atoms with Crippen molar-refractivity contribution in [2.24, 2.45) is 10.2 Å². The number of nitrogens with one attached hydrogen (secondary N) is 1. The number of aryl methyl sites for hydroxylation is 1. The van der Waals surface area contributed by atoms with Gasteiger partial charge in [-0.1, -0.05) is 17.7 Å². The van der Waals surface area contributed by atoms with Gasteiger partial charge in [0.2, 0.25) is 0 Å². The summed E-state index contributed by atoms with van der Waals surface area (Å²) in [5.41, 5.74) is -0.351. The van der Waals surface area contributed by atoms with Gasteiger partial charge in [-0.3, -0.25) is 9.89 Å². The quantitative estimate of drug-likeness (QED) is 0.235. The molecule has 0 spiro atoms. The molecule has 0 aliphatic heterocycles. The molecule has 1 N–H and O–H groups in total. The van der Waals surface area contributed by atoms with Crippen LogP contribution in [0.2, 0.25) is 0 Å². The molecule has 0 bridgehead atoms. The molecule has 0 saturated heterocycles. The fraction of sp³-hybridized carbons (Fsp3) is 0.0588. The van der Waals surface area contributed by atoms with Crippen molar-refractivity contribution < 1.29 is 82.0 Å². The molecular weight excluding hydrogens is 434 g/mol. The number of nitrogens with zero attached hydrogens (tertiary/aromatic N) is 3. The van der Waals surface area contributed by atoms with Gasteiger partial charge in [0.1, 0.15) is 15.8 Å². The maximum Gasteiger partial charge on any atom is 1.00 e. The van der Waals surface area contributed by atoms with E-state index in [9.17, 15) is 27.7 Å². The smallest absolute Gasteiger partial charge is 0.744 e. The molecule has 0 atom stereocenters. The number of hydrogen-bond acceptors (Lipinski definition) is 8. The molecule has 30 heavy (non-hydrogen) atoms. The van der Waals surface area contributed by atoms with E-state index >= 15 is 0 Å². The Morgan fingerprint density at radius 1 is 1.00 bits per heavy atom. The van der Waals surface area contributed by atoms with E-state index in [-0.39, 0.29) is 64.8 Å². The van der Waals surface area contributed by atoms with Crippen LogP contribution in [0.5, 0.6) is 0 Å². The molecule has 0 fully saturated rings. The van der Waals surface area contributed by atoms with E-state index in [2.05, 4.69) is 15.3 Å². The zero-order chi connectivity index (χ0) is 20.5. The van der Waals surface area contributed by atoms with Crippen LogP contribution in [0.1, 0.15) is 16.1 Å². The van der Waals surface area contributed by atoms with Gasteiger partial charge in [0.05, 0.1) is 22.2 Å². The summed E-state index contributed by atoms with van der Waals surface area (Å²) in [4.78, 5) is 23.4. The molecule has 0 unspecified atom stereocenters. The molecular formula is C17H12N4Na2O6S. The number of carboxylic acids is 1. The number of rotatable bonds is 5. The zero-order valence-corrected chi connectivity index (χ0v) is 21.1. The largest absolute Gasteiger partial charge is 1.00 e. The van der Waals surface area contributed by atoms with Crippen LogP contribution < -0.4 is 69.8 Å². The average Bonchev–Trinajstić information content (AvgIpc) is 2.97. The van der Waals surface area contributed by atoms with Crippen molar-refractivity contribution in [3.05, 3.63) is 70.1 Å². The summed E-state index contributed by atoms with van der Waals surface area (Å²) >= 11 is 0. The van der Waals surface area contributed by atoms with Crippen LogP contribution in [0, 0.1) is 6.92 Å². The summed E-state index contributed by atoms with van der Waals surface area (Å²) in [6, 6.07) is 11.2. The van der Waals surface area contributed by atoms with Gasteiger partial charge in [0.15, 0.2) is 5.69 Å². The Kier molecular flexibility index (Phi) is 9.39. The molecule has 2 aromatic carbocycles. The molecule has 0 aliphatic rings. The Balaban J connectivity index is 0.00000225. The second-order valence-electron chi connectivity index (χ2n) is 5.75. The minimum Gasteiger partial charge on any atom is -0.744 e. The molecule has 0 radical (unpaired) electrons. The van der Waals surface area contributed by atoms with Gasteiger partial charge in [0.25, 0.3) is 5.56 Å². The van der Waals surface area contributed by atoms with Crippen molar-refractivity contribution >= 4 is 27.5 Å². The summed E-state index contributed by atoms with van der Waals surface area (Å²) in [7, 11) is -4.61. The average molecular weight is 446 g/mol. The second kappa shape index (κ2) is 10.6. The third-order valence-corrected chi connectivity index (χ3v) is 4.60. The van der Waals surface area contributed by atoms with Crippen molar-refractivity contribution in [2.45, 2.75) is 11.8 Å². The molecule has 1 aromatic heterocycles. The monoisotopic (exact) mass is 446 g/mol. The minimum atomic E-state index is -4.61. The summed E-state index contributed by atoms with van der Waals surface area (Å²) in [5, 5.41) is 21.2. The van der Waals surface area contributed by atoms with E-state index in [0.717, 1.165) is 22.4 Å². The van der Waals surface area contributed by atoms with E-state index < -0.39 is 37.9 Å². The predicted molar refractivity (Wildman–Crippen MR) is 94.0 cm³/mol. The number of H-pyrrole nitrogens is 1. The molecule has 0 saturated carbocycles. The van der Waals surface area contributed by atoms with Crippen LogP contribution in [0.3, 0.4) is 0 Å². The molecule has 13 heteroatoms. The van der Waals surface area contributed by atoms with E-state index in [1.807, 2.05) is 6.92 Å². The Morgan fingerprint density at radius 3 is 2.07 bits per heavy atom. The van der Waals surface area contributed by atoms with Gasteiger partial charge in [-0.05, 0) is 43.3 Å². The molecule has 3 aromatic rings. The van der Waals surface area contributed by atoms with Crippen molar-refractivity contribution in [3.63, 3.8) is 0 Å². The first kappa shape index (κ1) is 26.5. The molecule has 0 aliphatic carbocycles. The van der Waals surface area contributed by atoms with Gasteiger partial charge in [-0.15, -0.1) is 5.11 Å². The molecule has 144 valence electrons. The van der Waals surface area contributed by atoms with Crippen molar-refractivity contribution in [1.82, 2.24) is 9.78 Å². The summed E-state index contributed by atoms with van der Waals surface area (Å²) in [6.45, 7) is 1.86. The third kappa shape index (κ3) is 5.99. The first-order valence-electron chi connectivity index (χ1n) is 7.78. The number of hydrogen-bond donors (Lipinski definition) is 1. The standard InChI is InChI=1S/C17H14N4O6S.2Na/c1-10-2-6-12(7-3-10)21-16(22)14(15(20-21)17(23)24)19-18-11-4-8-13(9-5-11)28(25,26)27;;/h2-9,20H,1H3,(H,23,24)(H,25,26,27);;/q;2*+1/p-2. The maximum atomic E-state index is 12.6. The van der Waals surface area contributed by atoms with E-state index in [4.69, 9.17) is 0 Å². The maximum absolute atomic E-state index is 12.6. The first-order valence-corrected chi connectivity index (χ1v) is 9.19. The molecule has 3 rings (SSSR count). The fourth-order valence-electron chi connectivity index (χ4n) is 2.33. The van der Waals surface area contributed by atoms with Crippen molar-refractivity contribution in [2.75, 3.05) is 0 Å². The summed E-state index contributed by atoms with van der Waals surface area (Å²) in [6.07, 6.45) is 0. The molecule has 10 nitrogen and oxygen atoms in total. The predicted octanol–water partition coefficient (Wildman–Crippen LogP) is -4.83. The van der Waals surface area contributed by atoms with E-state index in [1.54, 1.807) is 24.3 Å². The van der Waals surface area contributed by atoms with Crippen LogP contribution in [0.25, 0.3) is 5.69 Å². The SMILES string of the molecule is Cc1ccc(-n2[nH]c(C(=O)[O-])c(N=Nc3ccc(S(=O)(=O)[O-])cc3)c2=O)cc1.[Na+].[Na+]. The van der Waals surface area contributed by atoms with Crippen molar-refractivity contribution in [1.29, 1.82) is 0 Å². The van der Waals surface area contributed by atoms with Gasteiger partial charge in [0, 0.05) is 0 Å². The number of carboxylic acid groups (broad SMARTS) is 1. The Labute approximate surface area is 215 Å². The Bertz CT molecular complexity index is 1230. The number of aromatic nitrogens is 2. The fourth-order valence-corrected chi connectivity index (χ4v) is 2.80. The first-order chi connectivity index (χ1) is 13.2. The van der Waals surface area contributed by atoms with Gasteiger partial charge in [-0.25, -0.2) is 13.1 Å². The molecule has 0 amide bonds. The number of benzene rings is 2. The van der Waals surface area contributed by atoms with E-state index in [1.165, 1.54) is 12.1 Å². The number of carbonyl (C=O) groups is 1. The van der Waals surface area contributed by atoms with Crippen LogP contribution in [0.15, 0.2) is 68.4 Å². The zero-order valence-electron chi connectivity index (χ0n) is 16.3. The second-order valence-corrected chi connectivity index (χ2v) is 7.13. The number of aromatic amines is 1. The van der Waals surface area contributed by atoms with Gasteiger partial charge in [-0.2, -0.15) is 5.11 Å². The van der Waals surface area contributed by atoms with Crippen LogP contribution in [-0.2, 0) is 10.1 Å². The Hall–Kier alpha value is -1.57. The van der Waals surface area contributed by atoms with Crippen LogP contribution >= 0.6 is 0 Å². The van der Waals surface area contributed by atoms with Crippen molar-refractivity contribution in [3.8, 4) is 5.69 Å². The van der Waals surface area contributed by atoms with E-state index in [0.29, 0.717) is 5.69 Å². The minimum absolute atomic E-state index is 0. The molecule has 1 heterocycles.